The van der Waals surface area contributed by atoms with Crippen LogP contribution in [0.2, 0.25) is 5.02 Å². The fourth-order valence-electron chi connectivity index (χ4n) is 7.05. The van der Waals surface area contributed by atoms with E-state index in [-0.39, 0.29) is 31.5 Å². The van der Waals surface area contributed by atoms with Gasteiger partial charge in [-0.2, -0.15) is 5.26 Å². The lowest BCUT2D eigenvalue weighted by Gasteiger charge is -2.22. The largest absolute Gasteiger partial charge is 0.382 e. The van der Waals surface area contributed by atoms with Gasteiger partial charge in [-0.05, 0) is 55.2 Å². The number of amidine groups is 1. The highest BCUT2D eigenvalue weighted by Gasteiger charge is 2.31. The average molecular weight is 760 g/mol. The molecule has 0 spiro atoms. The van der Waals surface area contributed by atoms with E-state index in [0.29, 0.717) is 29.7 Å². The van der Waals surface area contributed by atoms with Gasteiger partial charge in [-0.25, -0.2) is 4.99 Å². The normalized spacial score (nSPS) is 18.1. The van der Waals surface area contributed by atoms with Crippen LogP contribution < -0.4 is 11.2 Å². The molecule has 4 unspecified atom stereocenters. The zero-order valence-corrected chi connectivity index (χ0v) is 33.1. The van der Waals surface area contributed by atoms with Crippen molar-refractivity contribution in [3.8, 4) is 6.07 Å². The molecule has 2 aliphatic rings. The molecule has 4 rings (SSSR count). The third-order valence-electron chi connectivity index (χ3n) is 10.0. The summed E-state index contributed by atoms with van der Waals surface area (Å²) in [5, 5.41) is 9.85. The summed E-state index contributed by atoms with van der Waals surface area (Å²) in [6.07, 6.45) is 24.6. The number of hydrogen-bond acceptors (Lipinski definition) is 9. The summed E-state index contributed by atoms with van der Waals surface area (Å²) in [6, 6.07) is 11.4. The summed E-state index contributed by atoms with van der Waals surface area (Å²) in [5.41, 5.74) is 12.4. The number of aliphatic imine (C=N–C) groups is 1. The Hall–Kier alpha value is -2.22. The lowest BCUT2D eigenvalue weighted by Crippen LogP contribution is -2.32. The van der Waals surface area contributed by atoms with E-state index in [2.05, 4.69) is 23.4 Å². The van der Waals surface area contributed by atoms with E-state index >= 15 is 0 Å². The Morgan fingerprint density at radius 3 is 2.27 bits per heavy atom. The van der Waals surface area contributed by atoms with Crippen molar-refractivity contribution in [3.05, 3.63) is 57.9 Å². The van der Waals surface area contributed by atoms with Crippen molar-refractivity contribution in [2.24, 2.45) is 10.7 Å². The van der Waals surface area contributed by atoms with Crippen LogP contribution in [0.1, 0.15) is 164 Å². The van der Waals surface area contributed by atoms with Gasteiger partial charge in [-0.15, -0.1) is 0 Å². The standard InChI is InChI=1S/C40H63ClN5O5P/c1-2-3-4-5-6-7-8-9-10-11-12-13-14-15-16-17-18-19-35(48-28-33-24-32(27-42)25-34(41)26-33)29-49-52(47)50-30-36-20-23-39(51-36)37-21-22-38-40(43)44-31-45-46(37)38/h21-22,24-26,35-36,39,45,47H,2-20,23,28-31H2,1H3,(H2,43,44). The number of halogens is 1. The number of rotatable bonds is 28. The number of hydrogen-bond donors (Lipinski definition) is 3. The monoisotopic (exact) mass is 759 g/mol. The molecule has 0 bridgehead atoms. The molecule has 52 heavy (non-hydrogen) atoms. The maximum atomic E-state index is 10.6. The molecule has 0 aliphatic carbocycles. The molecule has 2 aromatic rings. The van der Waals surface area contributed by atoms with Gasteiger partial charge in [0.15, 0.2) is 0 Å². The maximum absolute atomic E-state index is 10.6. The van der Waals surface area contributed by atoms with Gasteiger partial charge in [0.1, 0.15) is 18.2 Å². The number of unbranched alkanes of at least 4 members (excludes halogenated alkanes) is 16. The van der Waals surface area contributed by atoms with Crippen LogP contribution in [0.25, 0.3) is 0 Å². The number of nitrogens with one attached hydrogen (secondary N) is 1. The van der Waals surface area contributed by atoms with Crippen molar-refractivity contribution in [1.29, 1.82) is 5.26 Å². The summed E-state index contributed by atoms with van der Waals surface area (Å²) >= 11 is 6.22. The van der Waals surface area contributed by atoms with Gasteiger partial charge in [0.2, 0.25) is 0 Å². The molecule has 10 nitrogen and oxygen atoms in total. The van der Waals surface area contributed by atoms with Crippen molar-refractivity contribution in [1.82, 2.24) is 4.68 Å². The van der Waals surface area contributed by atoms with Gasteiger partial charge in [0, 0.05) is 5.02 Å². The van der Waals surface area contributed by atoms with E-state index in [4.69, 9.17) is 35.9 Å². The molecule has 1 aromatic heterocycles. The molecule has 12 heteroatoms. The fraction of sp³-hybridized carbons (Fsp3) is 0.700. The van der Waals surface area contributed by atoms with Crippen LogP contribution in [0.3, 0.4) is 0 Å². The molecule has 290 valence electrons. The summed E-state index contributed by atoms with van der Waals surface area (Å²) in [5.74, 6) is 0.512. The van der Waals surface area contributed by atoms with Gasteiger partial charge in [0.25, 0.3) is 0 Å². The van der Waals surface area contributed by atoms with Crippen LogP contribution in [-0.2, 0) is 25.1 Å². The summed E-state index contributed by atoms with van der Waals surface area (Å²) < 4.78 is 26.0. The first kappa shape index (κ1) is 42.5. The molecule has 3 heterocycles. The number of aromatic nitrogens is 1. The molecule has 0 saturated carbocycles. The fourth-order valence-corrected chi connectivity index (χ4v) is 7.97. The Bertz CT molecular complexity index is 1370. The van der Waals surface area contributed by atoms with Crippen LogP contribution in [0.5, 0.6) is 0 Å². The molecule has 4 N–H and O–H groups in total. The molecule has 1 aromatic carbocycles. The zero-order valence-electron chi connectivity index (χ0n) is 31.4. The van der Waals surface area contributed by atoms with E-state index in [1.807, 2.05) is 22.9 Å². The maximum Gasteiger partial charge on any atom is 0.330 e. The first-order valence-electron chi connectivity index (χ1n) is 19.9. The van der Waals surface area contributed by atoms with Crippen LogP contribution >= 0.6 is 20.2 Å². The second kappa shape index (κ2) is 25.0. The third kappa shape index (κ3) is 15.6. The van der Waals surface area contributed by atoms with Crippen molar-refractivity contribution in [2.45, 2.75) is 160 Å². The van der Waals surface area contributed by atoms with E-state index in [1.54, 1.807) is 12.1 Å². The minimum atomic E-state index is -2.09. The summed E-state index contributed by atoms with van der Waals surface area (Å²) in [6.45, 7) is 3.47. The highest BCUT2D eigenvalue weighted by atomic mass is 35.5. The highest BCUT2D eigenvalue weighted by Crippen LogP contribution is 2.38. The number of nitriles is 1. The van der Waals surface area contributed by atoms with Crippen LogP contribution in [0.4, 0.5) is 0 Å². The molecule has 4 atom stereocenters. The van der Waals surface area contributed by atoms with E-state index < -0.39 is 8.60 Å². The molecule has 2 aliphatic heterocycles. The second-order valence-corrected chi connectivity index (χ2v) is 15.8. The minimum Gasteiger partial charge on any atom is -0.382 e. The molecular formula is C40H63ClN5O5P. The molecular weight excluding hydrogens is 697 g/mol. The smallest absolute Gasteiger partial charge is 0.330 e. The van der Waals surface area contributed by atoms with Gasteiger partial charge in [-0.3, -0.25) is 4.68 Å². The van der Waals surface area contributed by atoms with Crippen molar-refractivity contribution in [2.75, 3.05) is 25.3 Å². The minimum absolute atomic E-state index is 0.0954. The second-order valence-electron chi connectivity index (χ2n) is 14.3. The van der Waals surface area contributed by atoms with Gasteiger partial charge in [-0.1, -0.05) is 128 Å². The number of benzene rings is 1. The van der Waals surface area contributed by atoms with E-state index in [1.165, 1.54) is 96.3 Å². The predicted molar refractivity (Wildman–Crippen MR) is 211 cm³/mol. The first-order valence-corrected chi connectivity index (χ1v) is 21.4. The Balaban J connectivity index is 1.10. The number of fused-ring (bicyclic) bond motifs is 1. The van der Waals surface area contributed by atoms with Crippen molar-refractivity contribution >= 4 is 26.0 Å². The molecule has 0 amide bonds. The Labute approximate surface area is 318 Å². The van der Waals surface area contributed by atoms with Crippen LogP contribution in [0, 0.1) is 11.3 Å². The Morgan fingerprint density at radius 1 is 0.962 bits per heavy atom. The topological polar surface area (TPSA) is 136 Å². The van der Waals surface area contributed by atoms with Crippen molar-refractivity contribution < 1.29 is 23.4 Å². The van der Waals surface area contributed by atoms with Crippen LogP contribution in [0.15, 0.2) is 35.3 Å². The lowest BCUT2D eigenvalue weighted by molar-refractivity contribution is -0.00973. The van der Waals surface area contributed by atoms with Crippen molar-refractivity contribution in [3.63, 3.8) is 0 Å². The summed E-state index contributed by atoms with van der Waals surface area (Å²) in [7, 11) is -2.09. The van der Waals surface area contributed by atoms with Crippen LogP contribution in [-0.4, -0.2) is 47.5 Å². The Kier molecular flexibility index (Phi) is 20.4. The van der Waals surface area contributed by atoms with E-state index in [9.17, 15) is 10.2 Å². The van der Waals surface area contributed by atoms with E-state index in [0.717, 1.165) is 49.1 Å². The quantitative estimate of drug-likeness (QED) is 0.0576. The van der Waals surface area contributed by atoms with Gasteiger partial charge >= 0.3 is 8.60 Å². The van der Waals surface area contributed by atoms with Gasteiger partial charge < -0.3 is 34.6 Å². The first-order chi connectivity index (χ1) is 25.5. The number of ether oxygens (including phenoxy) is 2. The predicted octanol–water partition coefficient (Wildman–Crippen LogP) is 10.3. The highest BCUT2D eigenvalue weighted by molar-refractivity contribution is 7.40. The molecule has 1 fully saturated rings. The third-order valence-corrected chi connectivity index (χ3v) is 11.0. The Morgan fingerprint density at radius 2 is 1.62 bits per heavy atom. The number of nitrogens with two attached hydrogens (primary N) is 1. The average Bonchev–Trinajstić information content (AvgIpc) is 3.80. The van der Waals surface area contributed by atoms with Gasteiger partial charge in [0.05, 0.1) is 55.5 Å². The molecule has 1 saturated heterocycles. The lowest BCUT2D eigenvalue weighted by atomic mass is 10.0. The number of nitrogens with zero attached hydrogens (tertiary/aromatic N) is 3. The summed E-state index contributed by atoms with van der Waals surface area (Å²) in [4.78, 5) is 14.9. The zero-order chi connectivity index (χ0) is 36.8. The molecule has 0 radical (unpaired) electrons. The SMILES string of the molecule is CCCCCCCCCCCCCCCCCCCC(COP(O)OCC1CCC(c2ccc3n2NCN=C3N)O1)OCc1cc(Cl)cc(C#N)c1.